The molecule has 2 unspecified atom stereocenters. The maximum atomic E-state index is 12.4. The van der Waals surface area contributed by atoms with Gasteiger partial charge in [0, 0.05) is 7.05 Å². The summed E-state index contributed by atoms with van der Waals surface area (Å²) in [5, 5.41) is 0. The van der Waals surface area contributed by atoms with Gasteiger partial charge in [0.25, 0.3) is 0 Å². The maximum Gasteiger partial charge on any atom is 0.230 e. The van der Waals surface area contributed by atoms with Gasteiger partial charge in [0.1, 0.15) is 0 Å². The number of amides is 1. The highest BCUT2D eigenvalue weighted by Crippen LogP contribution is 2.50. The average Bonchev–Trinajstić information content (AvgIpc) is 2.41. The minimum Gasteiger partial charge on any atom is -0.338 e. The molecule has 1 aromatic rings. The predicted molar refractivity (Wildman–Crippen MR) is 77.4 cm³/mol. The fourth-order valence-corrected chi connectivity index (χ4v) is 3.94. The molecule has 3 aliphatic rings. The second kappa shape index (κ2) is 4.36. The van der Waals surface area contributed by atoms with Crippen LogP contribution >= 0.6 is 0 Å². The fourth-order valence-electron chi connectivity index (χ4n) is 3.94. The summed E-state index contributed by atoms with van der Waals surface area (Å²) >= 11 is 0. The molecule has 0 radical (unpaired) electrons. The number of nitrogens with zero attached hydrogens (tertiary/aromatic N) is 1. The van der Waals surface area contributed by atoms with E-state index in [2.05, 4.69) is 32.9 Å². The van der Waals surface area contributed by atoms with Crippen molar-refractivity contribution in [3.63, 3.8) is 0 Å². The average molecular weight is 257 g/mol. The van der Waals surface area contributed by atoms with Gasteiger partial charge in [-0.1, -0.05) is 32.9 Å². The first-order valence-corrected chi connectivity index (χ1v) is 7.48. The summed E-state index contributed by atoms with van der Waals surface area (Å²) in [6.07, 6.45) is 3.20. The highest BCUT2D eigenvalue weighted by molar-refractivity contribution is 5.88. The van der Waals surface area contributed by atoms with Crippen molar-refractivity contribution in [1.29, 1.82) is 0 Å². The molecule has 1 fully saturated rings. The third-order valence-corrected chi connectivity index (χ3v) is 4.94. The lowest BCUT2D eigenvalue weighted by atomic mass is 9.69. The van der Waals surface area contributed by atoms with Crippen molar-refractivity contribution in [3.05, 3.63) is 34.4 Å². The highest BCUT2D eigenvalue weighted by atomic mass is 16.2. The zero-order chi connectivity index (χ0) is 13.7. The Labute approximate surface area is 115 Å². The molecule has 2 heteroatoms. The summed E-state index contributed by atoms with van der Waals surface area (Å²) in [5.74, 6) is 0.987. The number of likely N-dealkylation sites (N-methyl/N-ethyl adjacent to an activating group) is 1. The van der Waals surface area contributed by atoms with E-state index < -0.39 is 0 Å². The van der Waals surface area contributed by atoms with E-state index in [0.717, 1.165) is 19.3 Å². The van der Waals surface area contributed by atoms with Gasteiger partial charge in [0.05, 0.1) is 12.0 Å². The molecular weight excluding hydrogens is 234 g/mol. The number of hydrogen-bond acceptors (Lipinski definition) is 1. The van der Waals surface area contributed by atoms with Gasteiger partial charge in [-0.2, -0.15) is 0 Å². The maximum absolute atomic E-state index is 12.4. The largest absolute Gasteiger partial charge is 0.338 e. The van der Waals surface area contributed by atoms with Crippen LogP contribution in [0.5, 0.6) is 0 Å². The molecule has 2 atom stereocenters. The van der Waals surface area contributed by atoms with Crippen LogP contribution in [0.3, 0.4) is 0 Å². The number of aryl methyl sites for hydroxylation is 1. The van der Waals surface area contributed by atoms with E-state index in [1.54, 1.807) is 0 Å². The standard InChI is InChI=1S/C17H23NO/c1-5-11-6-7-12(10(2)3)16-14-9-8-13(15(11)16)17(19)18(14)4/h6-7,10,13-14H,5,8-9H2,1-4H3. The first-order chi connectivity index (χ1) is 9.06. The van der Waals surface area contributed by atoms with E-state index >= 15 is 0 Å². The molecule has 2 bridgehead atoms. The van der Waals surface area contributed by atoms with Gasteiger partial charge in [-0.25, -0.2) is 0 Å². The zero-order valence-corrected chi connectivity index (χ0v) is 12.4. The van der Waals surface area contributed by atoms with Crippen molar-refractivity contribution < 1.29 is 4.79 Å². The summed E-state index contributed by atoms with van der Waals surface area (Å²) in [5.41, 5.74) is 5.69. The van der Waals surface area contributed by atoms with Crippen LogP contribution < -0.4 is 0 Å². The molecule has 1 aromatic carbocycles. The summed E-state index contributed by atoms with van der Waals surface area (Å²) in [6.45, 7) is 6.71. The van der Waals surface area contributed by atoms with Crippen molar-refractivity contribution in [2.24, 2.45) is 0 Å². The molecule has 0 N–H and O–H groups in total. The molecule has 2 nitrogen and oxygen atoms in total. The molecule has 1 amide bonds. The molecular formula is C17H23NO. The molecule has 19 heavy (non-hydrogen) atoms. The first kappa shape index (κ1) is 12.7. The summed E-state index contributed by atoms with van der Waals surface area (Å²) in [6, 6.07) is 4.86. The number of rotatable bonds is 2. The second-order valence-electron chi connectivity index (χ2n) is 6.24. The lowest BCUT2D eigenvalue weighted by Gasteiger charge is -2.46. The quantitative estimate of drug-likeness (QED) is 0.790. The molecule has 2 heterocycles. The molecule has 0 saturated carbocycles. The number of hydrogen-bond donors (Lipinski definition) is 0. The van der Waals surface area contributed by atoms with E-state index in [9.17, 15) is 4.79 Å². The van der Waals surface area contributed by atoms with Crippen LogP contribution in [0.2, 0.25) is 0 Å². The second-order valence-corrected chi connectivity index (χ2v) is 6.24. The Morgan fingerprint density at radius 2 is 2.00 bits per heavy atom. The number of fused-ring (bicyclic) bond motifs is 2. The van der Waals surface area contributed by atoms with Crippen LogP contribution in [0.25, 0.3) is 0 Å². The van der Waals surface area contributed by atoms with E-state index in [1.807, 2.05) is 11.9 Å². The Hall–Kier alpha value is -1.31. The molecule has 0 aromatic heterocycles. The smallest absolute Gasteiger partial charge is 0.230 e. The number of benzene rings is 1. The van der Waals surface area contributed by atoms with Crippen LogP contribution in [0.15, 0.2) is 12.1 Å². The third kappa shape index (κ3) is 1.65. The lowest BCUT2D eigenvalue weighted by molar-refractivity contribution is -0.138. The SMILES string of the molecule is CCc1ccc(C(C)C)c2c1C1CCC2N(C)C1=O. The van der Waals surface area contributed by atoms with Crippen molar-refractivity contribution in [2.45, 2.75) is 57.9 Å². The van der Waals surface area contributed by atoms with E-state index in [4.69, 9.17) is 0 Å². The molecule has 1 saturated heterocycles. The van der Waals surface area contributed by atoms with Gasteiger partial charge >= 0.3 is 0 Å². The molecule has 0 spiro atoms. The summed E-state index contributed by atoms with van der Waals surface area (Å²) in [7, 11) is 1.98. The lowest BCUT2D eigenvalue weighted by Crippen LogP contribution is -2.45. The van der Waals surface area contributed by atoms with Crippen molar-refractivity contribution in [3.8, 4) is 0 Å². The van der Waals surface area contributed by atoms with Crippen LogP contribution in [-0.4, -0.2) is 17.9 Å². The predicted octanol–water partition coefficient (Wildman–Crippen LogP) is 3.76. The van der Waals surface area contributed by atoms with E-state index in [0.29, 0.717) is 17.9 Å². The summed E-state index contributed by atoms with van der Waals surface area (Å²) in [4.78, 5) is 14.4. The van der Waals surface area contributed by atoms with Crippen LogP contribution in [-0.2, 0) is 11.2 Å². The molecule has 2 aliphatic heterocycles. The van der Waals surface area contributed by atoms with Crippen molar-refractivity contribution in [2.75, 3.05) is 7.05 Å². The monoisotopic (exact) mass is 257 g/mol. The fraction of sp³-hybridized carbons (Fsp3) is 0.588. The van der Waals surface area contributed by atoms with Crippen molar-refractivity contribution in [1.82, 2.24) is 4.90 Å². The van der Waals surface area contributed by atoms with Gasteiger partial charge in [-0.3, -0.25) is 4.79 Å². The first-order valence-electron chi connectivity index (χ1n) is 7.48. The normalized spacial score (nSPS) is 25.1. The van der Waals surface area contributed by atoms with Gasteiger partial charge in [0.15, 0.2) is 0 Å². The van der Waals surface area contributed by atoms with Crippen LogP contribution in [0, 0.1) is 0 Å². The Bertz CT molecular complexity index is 532. The molecule has 4 rings (SSSR count). The van der Waals surface area contributed by atoms with Crippen LogP contribution in [0.4, 0.5) is 0 Å². The Kier molecular flexibility index (Phi) is 2.92. The Balaban J connectivity index is 2.28. The Morgan fingerprint density at radius 3 is 2.63 bits per heavy atom. The summed E-state index contributed by atoms with van der Waals surface area (Å²) < 4.78 is 0. The van der Waals surface area contributed by atoms with E-state index in [1.165, 1.54) is 22.3 Å². The van der Waals surface area contributed by atoms with Gasteiger partial charge in [0.2, 0.25) is 5.91 Å². The minimum atomic E-state index is 0.124. The minimum absolute atomic E-state index is 0.124. The van der Waals surface area contributed by atoms with Gasteiger partial charge in [-0.15, -0.1) is 0 Å². The molecule has 1 aliphatic carbocycles. The topological polar surface area (TPSA) is 20.3 Å². The van der Waals surface area contributed by atoms with Crippen LogP contribution in [0.1, 0.15) is 73.7 Å². The van der Waals surface area contributed by atoms with Gasteiger partial charge < -0.3 is 4.90 Å². The third-order valence-electron chi connectivity index (χ3n) is 4.94. The van der Waals surface area contributed by atoms with Crippen molar-refractivity contribution >= 4 is 5.91 Å². The van der Waals surface area contributed by atoms with Gasteiger partial charge in [-0.05, 0) is 47.4 Å². The van der Waals surface area contributed by atoms with E-state index in [-0.39, 0.29) is 5.92 Å². The highest BCUT2D eigenvalue weighted by Gasteiger charge is 2.44. The number of carbonyl (C=O) groups excluding carboxylic acids is 1. The molecule has 102 valence electrons. The number of carbonyl (C=O) groups is 1. The Morgan fingerprint density at radius 1 is 1.26 bits per heavy atom. The number of piperidine rings is 1. The zero-order valence-electron chi connectivity index (χ0n) is 12.4.